The van der Waals surface area contributed by atoms with Gasteiger partial charge in [0.2, 0.25) is 6.61 Å². The number of nitriles is 1. The molecule has 0 heterocycles. The van der Waals surface area contributed by atoms with Gasteiger partial charge >= 0.3 is 0 Å². The number of rotatable bonds is 3. The highest BCUT2D eigenvalue weighted by Gasteiger charge is 1.94. The zero-order valence-corrected chi connectivity index (χ0v) is 7.32. The van der Waals surface area contributed by atoms with E-state index in [0.717, 1.165) is 11.3 Å². The van der Waals surface area contributed by atoms with Crippen molar-refractivity contribution in [1.29, 1.82) is 5.26 Å². The first-order valence-corrected chi connectivity index (χ1v) is 3.84. The van der Waals surface area contributed by atoms with Crippen LogP contribution in [0.2, 0.25) is 0 Å². The van der Waals surface area contributed by atoms with E-state index in [4.69, 9.17) is 10.1 Å². The first kappa shape index (κ1) is 9.27. The van der Waals surface area contributed by atoms with Crippen molar-refractivity contribution in [2.45, 2.75) is 6.92 Å². The fraction of sp³-hybridized carbons (Fsp3) is 0.200. The SMILES string of the molecule is C/C(=N/OCC#N)c1cc[c]cc1. The Labute approximate surface area is 77.2 Å². The fourth-order valence-corrected chi connectivity index (χ4v) is 0.839. The van der Waals surface area contributed by atoms with Gasteiger partial charge in [-0.1, -0.05) is 29.4 Å². The third kappa shape index (κ3) is 2.96. The molecule has 1 radical (unpaired) electrons. The predicted octanol–water partition coefficient (Wildman–Crippen LogP) is 1.75. The summed E-state index contributed by atoms with van der Waals surface area (Å²) < 4.78 is 0. The molecule has 0 unspecified atom stereocenters. The molecule has 0 atom stereocenters. The molecule has 0 spiro atoms. The van der Waals surface area contributed by atoms with E-state index >= 15 is 0 Å². The Balaban J connectivity index is 2.63. The molecule has 0 N–H and O–H groups in total. The average Bonchev–Trinajstić information content (AvgIpc) is 2.19. The van der Waals surface area contributed by atoms with Crippen LogP contribution in [0.3, 0.4) is 0 Å². The van der Waals surface area contributed by atoms with E-state index in [1.165, 1.54) is 0 Å². The van der Waals surface area contributed by atoms with Gasteiger partial charge in [0.25, 0.3) is 0 Å². The molecule has 0 fully saturated rings. The van der Waals surface area contributed by atoms with Gasteiger partial charge in [-0.15, -0.1) is 0 Å². The number of hydrogen-bond acceptors (Lipinski definition) is 3. The molecule has 3 heteroatoms. The molecule has 3 nitrogen and oxygen atoms in total. The Bertz CT molecular complexity index is 325. The number of nitrogens with zero attached hydrogens (tertiary/aromatic N) is 2. The summed E-state index contributed by atoms with van der Waals surface area (Å²) in [5.41, 5.74) is 1.72. The van der Waals surface area contributed by atoms with Gasteiger partial charge in [0.15, 0.2) is 0 Å². The lowest BCUT2D eigenvalue weighted by Gasteiger charge is -1.98. The molecule has 0 saturated carbocycles. The third-order valence-corrected chi connectivity index (χ3v) is 1.47. The Morgan fingerprint density at radius 3 is 2.92 bits per heavy atom. The zero-order valence-electron chi connectivity index (χ0n) is 7.32. The minimum Gasteiger partial charge on any atom is -0.380 e. The molecule has 0 aromatic heterocycles. The van der Waals surface area contributed by atoms with Crippen LogP contribution in [0, 0.1) is 17.4 Å². The summed E-state index contributed by atoms with van der Waals surface area (Å²) in [5.74, 6) is 0. The van der Waals surface area contributed by atoms with E-state index in [9.17, 15) is 0 Å². The second-order valence-electron chi connectivity index (χ2n) is 2.40. The number of benzene rings is 1. The Morgan fingerprint density at radius 2 is 2.31 bits per heavy atom. The van der Waals surface area contributed by atoms with E-state index < -0.39 is 0 Å². The lowest BCUT2D eigenvalue weighted by molar-refractivity contribution is 0.178. The molecule has 0 aliphatic carbocycles. The van der Waals surface area contributed by atoms with Crippen molar-refractivity contribution >= 4 is 5.71 Å². The topological polar surface area (TPSA) is 45.4 Å². The summed E-state index contributed by atoms with van der Waals surface area (Å²) in [6.45, 7) is 1.81. The summed E-state index contributed by atoms with van der Waals surface area (Å²) in [4.78, 5) is 4.72. The van der Waals surface area contributed by atoms with E-state index in [0.29, 0.717) is 0 Å². The van der Waals surface area contributed by atoms with Crippen molar-refractivity contribution in [1.82, 2.24) is 0 Å². The van der Waals surface area contributed by atoms with E-state index in [2.05, 4.69) is 11.2 Å². The lowest BCUT2D eigenvalue weighted by atomic mass is 10.1. The van der Waals surface area contributed by atoms with E-state index in [-0.39, 0.29) is 6.61 Å². The van der Waals surface area contributed by atoms with Gasteiger partial charge in [-0.2, -0.15) is 5.26 Å². The number of oxime groups is 1. The molecule has 13 heavy (non-hydrogen) atoms. The summed E-state index contributed by atoms with van der Waals surface area (Å²) >= 11 is 0. The van der Waals surface area contributed by atoms with Crippen LogP contribution >= 0.6 is 0 Å². The Kier molecular flexibility index (Phi) is 3.52. The van der Waals surface area contributed by atoms with Gasteiger partial charge in [-0.05, 0) is 18.6 Å². The van der Waals surface area contributed by atoms with Gasteiger partial charge in [-0.3, -0.25) is 0 Å². The third-order valence-electron chi connectivity index (χ3n) is 1.47. The zero-order chi connectivity index (χ0) is 9.52. The maximum atomic E-state index is 8.20. The molecule has 0 bridgehead atoms. The van der Waals surface area contributed by atoms with Gasteiger partial charge in [0, 0.05) is 0 Å². The summed E-state index contributed by atoms with van der Waals surface area (Å²) in [6, 6.07) is 12.1. The summed E-state index contributed by atoms with van der Waals surface area (Å²) in [7, 11) is 0. The van der Waals surface area contributed by atoms with Crippen molar-refractivity contribution in [3.8, 4) is 6.07 Å². The lowest BCUT2D eigenvalue weighted by Crippen LogP contribution is -1.95. The monoisotopic (exact) mass is 173 g/mol. The fourth-order valence-electron chi connectivity index (χ4n) is 0.839. The van der Waals surface area contributed by atoms with Crippen LogP contribution < -0.4 is 0 Å². The quantitative estimate of drug-likeness (QED) is 0.397. The first-order valence-electron chi connectivity index (χ1n) is 3.84. The van der Waals surface area contributed by atoms with Crippen LogP contribution in [-0.2, 0) is 4.84 Å². The van der Waals surface area contributed by atoms with Crippen LogP contribution in [0.15, 0.2) is 29.4 Å². The summed E-state index contributed by atoms with van der Waals surface area (Å²) in [6.07, 6.45) is 0. The second kappa shape index (κ2) is 4.94. The van der Waals surface area contributed by atoms with Crippen molar-refractivity contribution in [3.05, 3.63) is 35.9 Å². The van der Waals surface area contributed by atoms with Crippen molar-refractivity contribution in [2.24, 2.45) is 5.16 Å². The summed E-state index contributed by atoms with van der Waals surface area (Å²) in [5, 5.41) is 12.0. The highest BCUT2D eigenvalue weighted by Crippen LogP contribution is 2.00. The van der Waals surface area contributed by atoms with Crippen molar-refractivity contribution in [3.63, 3.8) is 0 Å². The Morgan fingerprint density at radius 1 is 1.62 bits per heavy atom. The molecular weight excluding hydrogens is 164 g/mol. The van der Waals surface area contributed by atoms with Crippen LogP contribution in [0.25, 0.3) is 0 Å². The van der Waals surface area contributed by atoms with Gasteiger partial charge in [0.1, 0.15) is 6.07 Å². The first-order chi connectivity index (χ1) is 6.34. The molecule has 0 aliphatic heterocycles. The van der Waals surface area contributed by atoms with Crippen molar-refractivity contribution in [2.75, 3.05) is 6.61 Å². The van der Waals surface area contributed by atoms with Crippen LogP contribution in [-0.4, -0.2) is 12.3 Å². The van der Waals surface area contributed by atoms with Gasteiger partial charge < -0.3 is 4.84 Å². The average molecular weight is 173 g/mol. The highest BCUT2D eigenvalue weighted by molar-refractivity contribution is 5.98. The van der Waals surface area contributed by atoms with Gasteiger partial charge in [-0.25, -0.2) is 0 Å². The largest absolute Gasteiger partial charge is 0.380 e. The second-order valence-corrected chi connectivity index (χ2v) is 2.40. The maximum Gasteiger partial charge on any atom is 0.202 e. The molecule has 1 rings (SSSR count). The highest BCUT2D eigenvalue weighted by atomic mass is 16.6. The van der Waals surface area contributed by atoms with E-state index in [1.807, 2.05) is 25.1 Å². The van der Waals surface area contributed by atoms with Crippen LogP contribution in [0.4, 0.5) is 0 Å². The standard InChI is InChI=1S/C10H9N2O/c1-9(12-13-8-7-11)10-5-3-2-4-6-10/h3-6H,8H2,1H3/b12-9-. The molecule has 0 saturated heterocycles. The molecular formula is C10H9N2O. The molecule has 1 aromatic carbocycles. The number of hydrogen-bond donors (Lipinski definition) is 0. The van der Waals surface area contributed by atoms with Crippen molar-refractivity contribution < 1.29 is 4.84 Å². The molecule has 65 valence electrons. The Hall–Kier alpha value is -1.82. The van der Waals surface area contributed by atoms with Crippen LogP contribution in [0.5, 0.6) is 0 Å². The van der Waals surface area contributed by atoms with E-state index in [1.54, 1.807) is 12.1 Å². The van der Waals surface area contributed by atoms with Gasteiger partial charge in [0.05, 0.1) is 5.71 Å². The van der Waals surface area contributed by atoms with Crippen LogP contribution in [0.1, 0.15) is 12.5 Å². The minimum atomic E-state index is -0.0176. The predicted molar refractivity (Wildman–Crippen MR) is 49.1 cm³/mol. The normalized spacial score (nSPS) is 10.6. The maximum absolute atomic E-state index is 8.20. The smallest absolute Gasteiger partial charge is 0.202 e. The minimum absolute atomic E-state index is 0.0176. The molecule has 0 aliphatic rings. The molecule has 1 aromatic rings. The molecule has 0 amide bonds.